The molecule has 1 aromatic rings. The highest BCUT2D eigenvalue weighted by atomic mass is 16.2. The lowest BCUT2D eigenvalue weighted by molar-refractivity contribution is -0.128. The minimum Gasteiger partial charge on any atom is -0.343 e. The largest absolute Gasteiger partial charge is 0.343 e. The van der Waals surface area contributed by atoms with Gasteiger partial charge >= 0.3 is 0 Å². The quantitative estimate of drug-likeness (QED) is 0.689. The van der Waals surface area contributed by atoms with Gasteiger partial charge in [-0.2, -0.15) is 0 Å². The average molecular weight is 319 g/mol. The Morgan fingerprint density at radius 2 is 1.61 bits per heavy atom. The van der Waals surface area contributed by atoms with Crippen molar-refractivity contribution in [1.29, 1.82) is 0 Å². The summed E-state index contributed by atoms with van der Waals surface area (Å²) in [5.41, 5.74) is 0.731. The summed E-state index contributed by atoms with van der Waals surface area (Å²) in [6, 6.07) is 8.42. The third-order valence-electron chi connectivity index (χ3n) is 3.64. The summed E-state index contributed by atoms with van der Waals surface area (Å²) < 4.78 is 0. The number of carbonyl (C=O) groups is 2. The van der Waals surface area contributed by atoms with Crippen LogP contribution in [0, 0.1) is 11.8 Å². The Labute approximate surface area is 139 Å². The first-order valence-electron chi connectivity index (χ1n) is 8.18. The summed E-state index contributed by atoms with van der Waals surface area (Å²) in [7, 11) is 1.76. The highest BCUT2D eigenvalue weighted by Crippen LogP contribution is 2.11. The molecule has 0 saturated heterocycles. The molecule has 3 N–H and O–H groups in total. The van der Waals surface area contributed by atoms with Gasteiger partial charge in [0, 0.05) is 5.69 Å². The number of benzene rings is 1. The van der Waals surface area contributed by atoms with Crippen molar-refractivity contribution in [2.24, 2.45) is 11.8 Å². The Kier molecular flexibility index (Phi) is 7.75. The third-order valence-corrected chi connectivity index (χ3v) is 3.64. The van der Waals surface area contributed by atoms with Crippen molar-refractivity contribution in [3.63, 3.8) is 0 Å². The molecule has 2 amide bonds. The SMILES string of the molecule is CNC(C(=O)NC(CC(C)C)C(=O)Nc1ccccc1)C(C)C. The van der Waals surface area contributed by atoms with Gasteiger partial charge in [-0.05, 0) is 37.4 Å². The van der Waals surface area contributed by atoms with Crippen LogP contribution in [0.4, 0.5) is 5.69 Å². The van der Waals surface area contributed by atoms with Gasteiger partial charge in [-0.1, -0.05) is 45.9 Å². The lowest BCUT2D eigenvalue weighted by atomic mass is 10.00. The summed E-state index contributed by atoms with van der Waals surface area (Å²) in [6.07, 6.45) is 0.596. The molecule has 0 aliphatic carbocycles. The van der Waals surface area contributed by atoms with Crippen molar-refractivity contribution in [1.82, 2.24) is 10.6 Å². The number of carbonyl (C=O) groups excluding carboxylic acids is 2. The highest BCUT2D eigenvalue weighted by Gasteiger charge is 2.27. The second-order valence-corrected chi connectivity index (χ2v) is 6.56. The number of para-hydroxylation sites is 1. The van der Waals surface area contributed by atoms with E-state index in [4.69, 9.17) is 0 Å². The monoisotopic (exact) mass is 319 g/mol. The molecule has 0 aromatic heterocycles. The molecule has 5 heteroatoms. The molecule has 0 bridgehead atoms. The van der Waals surface area contributed by atoms with Gasteiger partial charge in [0.2, 0.25) is 11.8 Å². The molecular formula is C18H29N3O2. The van der Waals surface area contributed by atoms with E-state index < -0.39 is 6.04 Å². The molecule has 0 radical (unpaired) electrons. The van der Waals surface area contributed by atoms with Crippen LogP contribution in [0.3, 0.4) is 0 Å². The van der Waals surface area contributed by atoms with Gasteiger partial charge < -0.3 is 16.0 Å². The maximum atomic E-state index is 12.5. The molecule has 23 heavy (non-hydrogen) atoms. The topological polar surface area (TPSA) is 70.2 Å². The maximum absolute atomic E-state index is 12.5. The van der Waals surface area contributed by atoms with Gasteiger partial charge in [0.1, 0.15) is 6.04 Å². The molecule has 0 aliphatic rings. The average Bonchev–Trinajstić information content (AvgIpc) is 2.47. The van der Waals surface area contributed by atoms with E-state index in [1.165, 1.54) is 0 Å². The Morgan fingerprint density at radius 3 is 2.09 bits per heavy atom. The van der Waals surface area contributed by atoms with Crippen molar-refractivity contribution >= 4 is 17.5 Å². The maximum Gasteiger partial charge on any atom is 0.246 e. The van der Waals surface area contributed by atoms with E-state index >= 15 is 0 Å². The van der Waals surface area contributed by atoms with E-state index in [2.05, 4.69) is 16.0 Å². The molecule has 0 saturated carbocycles. The molecule has 2 unspecified atom stereocenters. The standard InChI is InChI=1S/C18H29N3O2/c1-12(2)11-15(21-18(23)16(19-5)13(3)4)17(22)20-14-9-7-6-8-10-14/h6-10,12-13,15-16,19H,11H2,1-5H3,(H,20,22)(H,21,23). The minimum atomic E-state index is -0.544. The fourth-order valence-electron chi connectivity index (χ4n) is 2.48. The third kappa shape index (κ3) is 6.40. The van der Waals surface area contributed by atoms with Crippen LogP contribution in [-0.4, -0.2) is 30.9 Å². The number of rotatable bonds is 8. The first kappa shape index (κ1) is 19.2. The summed E-state index contributed by atoms with van der Waals surface area (Å²) in [6.45, 7) is 8.02. The number of hydrogen-bond acceptors (Lipinski definition) is 3. The van der Waals surface area contributed by atoms with E-state index in [1.807, 2.05) is 58.0 Å². The predicted molar refractivity (Wildman–Crippen MR) is 94.1 cm³/mol. The van der Waals surface area contributed by atoms with Crippen molar-refractivity contribution in [2.45, 2.75) is 46.2 Å². The molecular weight excluding hydrogens is 290 g/mol. The van der Waals surface area contributed by atoms with Gasteiger partial charge in [0.25, 0.3) is 0 Å². The molecule has 0 fully saturated rings. The van der Waals surface area contributed by atoms with Gasteiger partial charge in [-0.3, -0.25) is 9.59 Å². The van der Waals surface area contributed by atoms with Crippen LogP contribution in [0.5, 0.6) is 0 Å². The Morgan fingerprint density at radius 1 is 1.00 bits per heavy atom. The van der Waals surface area contributed by atoms with E-state index in [1.54, 1.807) is 7.05 Å². The molecule has 0 aliphatic heterocycles. The molecule has 2 atom stereocenters. The summed E-state index contributed by atoms with van der Waals surface area (Å²) >= 11 is 0. The van der Waals surface area contributed by atoms with Crippen molar-refractivity contribution in [3.05, 3.63) is 30.3 Å². The summed E-state index contributed by atoms with van der Waals surface area (Å²) in [5, 5.41) is 8.76. The predicted octanol–water partition coefficient (Wildman–Crippen LogP) is 2.40. The second kappa shape index (κ2) is 9.30. The lowest BCUT2D eigenvalue weighted by Crippen LogP contribution is -2.52. The fourth-order valence-corrected chi connectivity index (χ4v) is 2.48. The normalized spacial score (nSPS) is 13.7. The zero-order chi connectivity index (χ0) is 17.4. The highest BCUT2D eigenvalue weighted by molar-refractivity contribution is 5.97. The lowest BCUT2D eigenvalue weighted by Gasteiger charge is -2.25. The molecule has 0 spiro atoms. The molecule has 1 aromatic carbocycles. The molecule has 1 rings (SSSR count). The summed E-state index contributed by atoms with van der Waals surface area (Å²) in [5.74, 6) is 0.124. The number of amides is 2. The van der Waals surface area contributed by atoms with Gasteiger partial charge in [0.05, 0.1) is 6.04 Å². The van der Waals surface area contributed by atoms with Crippen molar-refractivity contribution in [2.75, 3.05) is 12.4 Å². The number of nitrogens with one attached hydrogen (secondary N) is 3. The first-order chi connectivity index (χ1) is 10.8. The first-order valence-corrected chi connectivity index (χ1v) is 8.18. The fraction of sp³-hybridized carbons (Fsp3) is 0.556. The van der Waals surface area contributed by atoms with Gasteiger partial charge in [-0.25, -0.2) is 0 Å². The van der Waals surface area contributed by atoms with Crippen molar-refractivity contribution in [3.8, 4) is 0 Å². The van der Waals surface area contributed by atoms with Crippen LogP contribution in [-0.2, 0) is 9.59 Å². The van der Waals surface area contributed by atoms with E-state index in [-0.39, 0.29) is 23.8 Å². The van der Waals surface area contributed by atoms with Crippen LogP contribution >= 0.6 is 0 Å². The van der Waals surface area contributed by atoms with Crippen LogP contribution < -0.4 is 16.0 Å². The smallest absolute Gasteiger partial charge is 0.246 e. The van der Waals surface area contributed by atoms with E-state index in [0.717, 1.165) is 5.69 Å². The molecule has 5 nitrogen and oxygen atoms in total. The van der Waals surface area contributed by atoms with Crippen LogP contribution in [0.25, 0.3) is 0 Å². The summed E-state index contributed by atoms with van der Waals surface area (Å²) in [4.78, 5) is 24.9. The van der Waals surface area contributed by atoms with Crippen LogP contribution in [0.1, 0.15) is 34.1 Å². The molecule has 128 valence electrons. The Balaban J connectivity index is 2.79. The zero-order valence-corrected chi connectivity index (χ0v) is 14.7. The number of likely N-dealkylation sites (N-methyl/N-ethyl adjacent to an activating group) is 1. The second-order valence-electron chi connectivity index (χ2n) is 6.56. The van der Waals surface area contributed by atoms with E-state index in [0.29, 0.717) is 12.3 Å². The minimum absolute atomic E-state index is 0.142. The van der Waals surface area contributed by atoms with Gasteiger partial charge in [0.15, 0.2) is 0 Å². The van der Waals surface area contributed by atoms with Crippen LogP contribution in [0.15, 0.2) is 30.3 Å². The zero-order valence-electron chi connectivity index (χ0n) is 14.7. The Bertz CT molecular complexity index is 500. The van der Waals surface area contributed by atoms with Crippen molar-refractivity contribution < 1.29 is 9.59 Å². The Hall–Kier alpha value is -1.88. The number of anilines is 1. The number of hydrogen-bond donors (Lipinski definition) is 3. The van der Waals surface area contributed by atoms with Crippen LogP contribution in [0.2, 0.25) is 0 Å². The molecule has 0 heterocycles. The van der Waals surface area contributed by atoms with Gasteiger partial charge in [-0.15, -0.1) is 0 Å². The van der Waals surface area contributed by atoms with E-state index in [9.17, 15) is 9.59 Å².